The minimum atomic E-state index is -0.660. The molecule has 0 saturated carbocycles. The number of fused-ring (bicyclic) bond motifs is 2. The molecule has 1 aliphatic carbocycles. The lowest BCUT2D eigenvalue weighted by molar-refractivity contribution is 0.0931. The Bertz CT molecular complexity index is 2140. The Hall–Kier alpha value is -5.92. The maximum atomic E-state index is 13.1. The molecule has 2 amide bonds. The first-order valence-corrected chi connectivity index (χ1v) is 14.8. The number of nitrogens with two attached hydrogens (primary N) is 1. The van der Waals surface area contributed by atoms with E-state index in [1.807, 2.05) is 35.2 Å². The summed E-state index contributed by atoms with van der Waals surface area (Å²) in [4.78, 5) is 74.1. The normalized spacial score (nSPS) is 15.7. The number of nitrogens with zero attached hydrogens (tertiary/aromatic N) is 4. The Labute approximate surface area is 260 Å². The summed E-state index contributed by atoms with van der Waals surface area (Å²) >= 11 is 0. The number of amides is 2. The minimum Gasteiger partial charge on any atom is -0.394 e. The fourth-order valence-corrected chi connectivity index (χ4v) is 6.17. The van der Waals surface area contributed by atoms with Crippen LogP contribution in [-0.4, -0.2) is 38.5 Å². The Morgan fingerprint density at radius 3 is 2.57 bits per heavy atom. The number of carbonyl (C=O) groups excluding carboxylic acids is 2. The number of hydrogen-bond donors (Lipinski definition) is 4. The molecule has 14 heteroatoms. The first-order valence-electron chi connectivity index (χ1n) is 14.8. The van der Waals surface area contributed by atoms with Crippen molar-refractivity contribution in [1.82, 2.24) is 30.7 Å². The molecule has 5 aromatic rings. The molecule has 0 saturated heterocycles. The van der Waals surface area contributed by atoms with Gasteiger partial charge in [-0.15, -0.1) is 0 Å². The second-order valence-electron chi connectivity index (χ2n) is 11.4. The molecule has 2 aliphatic rings. The molecule has 0 radical (unpaired) electrons. The van der Waals surface area contributed by atoms with Gasteiger partial charge in [0.2, 0.25) is 0 Å². The highest BCUT2D eigenvalue weighted by Crippen LogP contribution is 2.35. The van der Waals surface area contributed by atoms with Crippen LogP contribution in [-0.2, 0) is 19.4 Å². The fourth-order valence-electron chi connectivity index (χ4n) is 6.17. The average Bonchev–Trinajstić information content (AvgIpc) is 3.64. The van der Waals surface area contributed by atoms with Crippen molar-refractivity contribution in [2.24, 2.45) is 0 Å². The molecule has 0 unspecified atom stereocenters. The van der Waals surface area contributed by atoms with Gasteiger partial charge in [0.05, 0.1) is 6.04 Å². The number of benzene rings is 2. The van der Waals surface area contributed by atoms with E-state index in [0.29, 0.717) is 30.8 Å². The smallest absolute Gasteiger partial charge is 0.394 e. The number of aromatic amines is 1. The van der Waals surface area contributed by atoms with Crippen molar-refractivity contribution in [2.45, 2.75) is 44.7 Å². The predicted octanol–water partition coefficient (Wildman–Crippen LogP) is 1.82. The van der Waals surface area contributed by atoms with Crippen molar-refractivity contribution in [2.75, 3.05) is 17.2 Å². The van der Waals surface area contributed by atoms with E-state index < -0.39 is 28.4 Å². The molecule has 0 bridgehead atoms. The van der Waals surface area contributed by atoms with Crippen LogP contribution in [0.2, 0.25) is 0 Å². The van der Waals surface area contributed by atoms with Crippen LogP contribution in [0.25, 0.3) is 11.4 Å². The second kappa shape index (κ2) is 11.5. The van der Waals surface area contributed by atoms with Crippen molar-refractivity contribution in [3.63, 3.8) is 0 Å². The van der Waals surface area contributed by atoms with Gasteiger partial charge in [-0.3, -0.25) is 28.7 Å². The predicted molar refractivity (Wildman–Crippen MR) is 166 cm³/mol. The van der Waals surface area contributed by atoms with Crippen LogP contribution in [0.15, 0.2) is 67.7 Å². The van der Waals surface area contributed by atoms with Gasteiger partial charge in [-0.2, -0.15) is 0 Å². The van der Waals surface area contributed by atoms with E-state index in [4.69, 9.17) is 5.73 Å². The van der Waals surface area contributed by atoms with Gasteiger partial charge in [0.1, 0.15) is 29.1 Å². The minimum absolute atomic E-state index is 0.0204. The Morgan fingerprint density at radius 1 is 0.957 bits per heavy atom. The number of H-pyrrole nitrogens is 1. The molecule has 2 aromatic heterocycles. The molecule has 7 rings (SSSR count). The number of carbonyl (C=O) groups is 2. The number of hydrogen-bond acceptors (Lipinski definition) is 11. The molecule has 1 atom stereocenters. The van der Waals surface area contributed by atoms with Crippen molar-refractivity contribution >= 4 is 28.9 Å². The van der Waals surface area contributed by atoms with Gasteiger partial charge >= 0.3 is 5.76 Å². The van der Waals surface area contributed by atoms with Crippen molar-refractivity contribution in [3.05, 3.63) is 113 Å². The van der Waals surface area contributed by atoms with Gasteiger partial charge in [-0.05, 0) is 66.5 Å². The lowest BCUT2D eigenvalue weighted by Crippen LogP contribution is -2.41. The molecule has 14 nitrogen and oxygen atoms in total. The zero-order chi connectivity index (χ0) is 31.9. The van der Waals surface area contributed by atoms with Gasteiger partial charge < -0.3 is 21.3 Å². The quantitative estimate of drug-likeness (QED) is 0.193. The lowest BCUT2D eigenvalue weighted by atomic mass is 10.0. The zero-order valence-corrected chi connectivity index (χ0v) is 24.5. The van der Waals surface area contributed by atoms with Crippen molar-refractivity contribution < 1.29 is 14.1 Å². The number of aromatic nitrogens is 4. The zero-order valence-electron chi connectivity index (χ0n) is 24.5. The van der Waals surface area contributed by atoms with Gasteiger partial charge in [0.25, 0.3) is 22.7 Å². The molecule has 232 valence electrons. The Balaban J connectivity index is 1.02. The third kappa shape index (κ3) is 5.23. The maximum Gasteiger partial charge on any atom is 0.439 e. The third-order valence-electron chi connectivity index (χ3n) is 8.53. The highest BCUT2D eigenvalue weighted by atomic mass is 16.5. The monoisotopic (exact) mass is 620 g/mol. The van der Waals surface area contributed by atoms with Crippen LogP contribution in [0, 0.1) is 0 Å². The summed E-state index contributed by atoms with van der Waals surface area (Å²) in [6, 6.07) is 12.4. The topological polar surface area (TPSA) is 206 Å². The van der Waals surface area contributed by atoms with E-state index in [1.54, 1.807) is 6.07 Å². The standard InChI is InChI=1S/C32H28N8O6/c33-25-26(28(42)27(25)41)40-10-2-1-3-17-5-4-16(11-24(17)40)14-34-30(43)22-13-23(36-15-35-22)31(44)37-21-9-7-18-12-19(6-8-20(18)21)29-38-32(45)46-39-29/h4-6,8,11-13,15,21H,1-3,7,9-10,14,33H2,(H,34,43)(H,37,44)(H,38,39,45)/t21-/m0/s1. The van der Waals surface area contributed by atoms with Crippen LogP contribution in [0.1, 0.15) is 68.5 Å². The van der Waals surface area contributed by atoms with Crippen molar-refractivity contribution in [1.29, 1.82) is 0 Å². The second-order valence-corrected chi connectivity index (χ2v) is 11.4. The van der Waals surface area contributed by atoms with E-state index in [9.17, 15) is 24.0 Å². The number of rotatable bonds is 7. The van der Waals surface area contributed by atoms with E-state index in [0.717, 1.165) is 47.2 Å². The van der Waals surface area contributed by atoms with Gasteiger partial charge in [0, 0.05) is 30.4 Å². The third-order valence-corrected chi connectivity index (χ3v) is 8.53. The van der Waals surface area contributed by atoms with E-state index in [2.05, 4.69) is 35.3 Å². The summed E-state index contributed by atoms with van der Waals surface area (Å²) in [6.07, 6.45) is 5.15. The van der Waals surface area contributed by atoms with Gasteiger partial charge in [-0.25, -0.2) is 14.8 Å². The molecule has 3 aromatic carbocycles. The highest BCUT2D eigenvalue weighted by molar-refractivity contribution is 5.97. The number of nitrogen functional groups attached to an aromatic ring is 1. The number of nitrogens with one attached hydrogen (secondary N) is 3. The molecule has 46 heavy (non-hydrogen) atoms. The van der Waals surface area contributed by atoms with Crippen LogP contribution < -0.4 is 37.9 Å². The highest BCUT2D eigenvalue weighted by Gasteiger charge is 2.28. The van der Waals surface area contributed by atoms with Gasteiger partial charge in [-0.1, -0.05) is 29.4 Å². The summed E-state index contributed by atoms with van der Waals surface area (Å²) in [6.45, 7) is 0.720. The van der Waals surface area contributed by atoms with E-state index >= 15 is 0 Å². The molecule has 1 aliphatic heterocycles. The summed E-state index contributed by atoms with van der Waals surface area (Å²) in [5.74, 6) is -1.23. The molecule has 0 spiro atoms. The molecule has 0 fully saturated rings. The summed E-state index contributed by atoms with van der Waals surface area (Å²) in [7, 11) is 0. The first-order chi connectivity index (χ1) is 22.3. The molecular weight excluding hydrogens is 592 g/mol. The average molecular weight is 621 g/mol. The Kier molecular flexibility index (Phi) is 7.23. The van der Waals surface area contributed by atoms with Crippen LogP contribution in [0.3, 0.4) is 0 Å². The van der Waals surface area contributed by atoms with Crippen LogP contribution in [0.4, 0.5) is 17.1 Å². The van der Waals surface area contributed by atoms with Crippen LogP contribution >= 0.6 is 0 Å². The fraction of sp³-hybridized carbons (Fsp3) is 0.250. The van der Waals surface area contributed by atoms with Crippen molar-refractivity contribution in [3.8, 4) is 11.4 Å². The SMILES string of the molecule is Nc1c(N2CCCCc3ccc(CNC(=O)c4cc(C(=O)N[C@H]5CCc6cc(-c7noc(=O)[nH]7)ccc65)ncn4)cc32)c(=O)c1=O. The van der Waals surface area contributed by atoms with Crippen LogP contribution in [0.5, 0.6) is 0 Å². The molecular formula is C32H28N8O6. The number of aryl methyl sites for hydroxylation is 2. The largest absolute Gasteiger partial charge is 0.439 e. The maximum absolute atomic E-state index is 13.1. The van der Waals surface area contributed by atoms with Gasteiger partial charge in [0.15, 0.2) is 5.82 Å². The summed E-state index contributed by atoms with van der Waals surface area (Å²) < 4.78 is 4.59. The molecule has 3 heterocycles. The first kappa shape index (κ1) is 28.8. The summed E-state index contributed by atoms with van der Waals surface area (Å²) in [5.41, 5.74) is 10.2. The summed E-state index contributed by atoms with van der Waals surface area (Å²) in [5, 5.41) is 9.55. The molecule has 5 N–H and O–H groups in total. The number of anilines is 3. The van der Waals surface area contributed by atoms with E-state index in [1.165, 1.54) is 12.4 Å². The Morgan fingerprint density at radius 2 is 1.78 bits per heavy atom. The van der Waals surface area contributed by atoms with E-state index in [-0.39, 0.29) is 35.3 Å². The lowest BCUT2D eigenvalue weighted by Gasteiger charge is -2.27.